The molecule has 0 aliphatic carbocycles. The molecule has 8 heteroatoms. The first-order valence-corrected chi connectivity index (χ1v) is 7.34. The summed E-state index contributed by atoms with van der Waals surface area (Å²) in [6.07, 6.45) is 7.13. The smallest absolute Gasteiger partial charge is 0.273 e. The van der Waals surface area contributed by atoms with Gasteiger partial charge in [0.05, 0.1) is 11.8 Å². The zero-order chi connectivity index (χ0) is 16.2. The van der Waals surface area contributed by atoms with Crippen LogP contribution in [0.15, 0.2) is 35.4 Å². The van der Waals surface area contributed by atoms with Crippen LogP contribution in [0.3, 0.4) is 0 Å². The maximum atomic E-state index is 12.2. The molecule has 0 bridgehead atoms. The Hall–Kier alpha value is -2.90. The van der Waals surface area contributed by atoms with E-state index in [-0.39, 0.29) is 29.4 Å². The number of anilines is 1. The standard InChI is InChI=1S/C15H17N5O3/c16-13-12(17-4-5-18-13)14(21)19-11-1-6-20(7-2-11)15(22)10-3-8-23-9-10/h3-5,8-9,11H,1-2,6-7H2,(H2,16,18)(H,19,21). The van der Waals surface area contributed by atoms with Crippen LogP contribution in [0, 0.1) is 0 Å². The Balaban J connectivity index is 1.54. The largest absolute Gasteiger partial charge is 0.472 e. The molecule has 3 rings (SSSR count). The van der Waals surface area contributed by atoms with Gasteiger partial charge in [0.25, 0.3) is 11.8 Å². The molecule has 2 aromatic rings. The summed E-state index contributed by atoms with van der Waals surface area (Å²) in [4.78, 5) is 33.9. The zero-order valence-corrected chi connectivity index (χ0v) is 12.4. The Morgan fingerprint density at radius 2 is 2.00 bits per heavy atom. The maximum Gasteiger partial charge on any atom is 0.273 e. The number of piperidine rings is 1. The second-order valence-electron chi connectivity index (χ2n) is 5.34. The van der Waals surface area contributed by atoms with Gasteiger partial charge in [0.1, 0.15) is 6.26 Å². The molecule has 2 amide bonds. The molecule has 0 saturated carbocycles. The van der Waals surface area contributed by atoms with E-state index in [4.69, 9.17) is 10.2 Å². The summed E-state index contributed by atoms with van der Waals surface area (Å²) < 4.78 is 4.93. The van der Waals surface area contributed by atoms with Gasteiger partial charge in [-0.15, -0.1) is 0 Å². The van der Waals surface area contributed by atoms with Crippen LogP contribution in [-0.4, -0.2) is 45.8 Å². The van der Waals surface area contributed by atoms with Crippen LogP contribution < -0.4 is 11.1 Å². The van der Waals surface area contributed by atoms with Crippen molar-refractivity contribution in [3.63, 3.8) is 0 Å². The van der Waals surface area contributed by atoms with Gasteiger partial charge in [-0.2, -0.15) is 0 Å². The molecule has 8 nitrogen and oxygen atoms in total. The van der Waals surface area contributed by atoms with Gasteiger partial charge in [-0.1, -0.05) is 0 Å². The van der Waals surface area contributed by atoms with Crippen molar-refractivity contribution in [2.75, 3.05) is 18.8 Å². The number of carbonyl (C=O) groups is 2. The SMILES string of the molecule is Nc1nccnc1C(=O)NC1CCN(C(=O)c2ccoc2)CC1. The molecule has 1 fully saturated rings. The lowest BCUT2D eigenvalue weighted by Crippen LogP contribution is -2.46. The highest BCUT2D eigenvalue weighted by molar-refractivity contribution is 5.96. The molecular formula is C15H17N5O3. The lowest BCUT2D eigenvalue weighted by atomic mass is 10.0. The number of rotatable bonds is 3. The third-order valence-electron chi connectivity index (χ3n) is 3.83. The van der Waals surface area contributed by atoms with Crippen molar-refractivity contribution in [2.24, 2.45) is 0 Å². The Morgan fingerprint density at radius 1 is 1.26 bits per heavy atom. The van der Waals surface area contributed by atoms with E-state index in [0.29, 0.717) is 31.5 Å². The highest BCUT2D eigenvalue weighted by Gasteiger charge is 2.26. The monoisotopic (exact) mass is 315 g/mol. The topological polar surface area (TPSA) is 114 Å². The van der Waals surface area contributed by atoms with Crippen LogP contribution in [0.2, 0.25) is 0 Å². The molecule has 0 aromatic carbocycles. The number of nitrogens with two attached hydrogens (primary N) is 1. The van der Waals surface area contributed by atoms with E-state index in [2.05, 4.69) is 15.3 Å². The third-order valence-corrected chi connectivity index (χ3v) is 3.83. The van der Waals surface area contributed by atoms with E-state index < -0.39 is 0 Å². The highest BCUT2D eigenvalue weighted by atomic mass is 16.3. The molecule has 120 valence electrons. The van der Waals surface area contributed by atoms with Crippen LogP contribution >= 0.6 is 0 Å². The molecule has 3 N–H and O–H groups in total. The zero-order valence-electron chi connectivity index (χ0n) is 12.4. The lowest BCUT2D eigenvalue weighted by molar-refractivity contribution is 0.0697. The van der Waals surface area contributed by atoms with Gasteiger partial charge < -0.3 is 20.4 Å². The number of likely N-dealkylation sites (tertiary alicyclic amines) is 1. The third kappa shape index (κ3) is 3.31. The Kier molecular flexibility index (Phi) is 4.22. The van der Waals surface area contributed by atoms with Gasteiger partial charge in [0.15, 0.2) is 11.5 Å². The van der Waals surface area contributed by atoms with Crippen molar-refractivity contribution in [2.45, 2.75) is 18.9 Å². The fourth-order valence-corrected chi connectivity index (χ4v) is 2.57. The summed E-state index contributed by atoms with van der Waals surface area (Å²) in [6.45, 7) is 1.15. The van der Waals surface area contributed by atoms with Crippen LogP contribution in [0.25, 0.3) is 0 Å². The maximum absolute atomic E-state index is 12.2. The fourth-order valence-electron chi connectivity index (χ4n) is 2.57. The average molecular weight is 315 g/mol. The average Bonchev–Trinajstić information content (AvgIpc) is 3.09. The number of nitrogens with one attached hydrogen (secondary N) is 1. The Morgan fingerprint density at radius 3 is 2.65 bits per heavy atom. The van der Waals surface area contributed by atoms with Crippen molar-refractivity contribution >= 4 is 17.6 Å². The van der Waals surface area contributed by atoms with Crippen molar-refractivity contribution in [3.8, 4) is 0 Å². The summed E-state index contributed by atoms with van der Waals surface area (Å²) in [7, 11) is 0. The predicted octanol–water partition coefficient (Wildman–Crippen LogP) is 0.686. The first-order chi connectivity index (χ1) is 11.1. The molecule has 0 spiro atoms. The number of furan rings is 1. The summed E-state index contributed by atoms with van der Waals surface area (Å²) in [6, 6.07) is 1.63. The molecule has 0 unspecified atom stereocenters. The van der Waals surface area contributed by atoms with E-state index in [1.165, 1.54) is 24.9 Å². The minimum absolute atomic E-state index is 0.0164. The first kappa shape index (κ1) is 15.0. The van der Waals surface area contributed by atoms with Gasteiger partial charge in [-0.05, 0) is 18.9 Å². The van der Waals surface area contributed by atoms with Crippen molar-refractivity contribution in [3.05, 3.63) is 42.2 Å². The second kappa shape index (κ2) is 6.47. The Labute approximate surface area is 132 Å². The van der Waals surface area contributed by atoms with E-state index in [1.54, 1.807) is 11.0 Å². The minimum atomic E-state index is -0.338. The van der Waals surface area contributed by atoms with Crippen LogP contribution in [-0.2, 0) is 0 Å². The van der Waals surface area contributed by atoms with E-state index in [1.807, 2.05) is 0 Å². The van der Waals surface area contributed by atoms with Crippen LogP contribution in [0.5, 0.6) is 0 Å². The van der Waals surface area contributed by atoms with Crippen molar-refractivity contribution < 1.29 is 14.0 Å². The number of carbonyl (C=O) groups excluding carboxylic acids is 2. The van der Waals surface area contributed by atoms with Gasteiger partial charge in [0.2, 0.25) is 0 Å². The van der Waals surface area contributed by atoms with Gasteiger partial charge in [-0.25, -0.2) is 9.97 Å². The van der Waals surface area contributed by atoms with Crippen molar-refractivity contribution in [1.29, 1.82) is 0 Å². The lowest BCUT2D eigenvalue weighted by Gasteiger charge is -2.32. The highest BCUT2D eigenvalue weighted by Crippen LogP contribution is 2.15. The predicted molar refractivity (Wildman–Crippen MR) is 81.5 cm³/mol. The molecule has 1 saturated heterocycles. The molecular weight excluding hydrogens is 298 g/mol. The number of aromatic nitrogens is 2. The number of hydrogen-bond donors (Lipinski definition) is 2. The first-order valence-electron chi connectivity index (χ1n) is 7.34. The number of hydrogen-bond acceptors (Lipinski definition) is 6. The molecule has 0 atom stereocenters. The summed E-state index contributed by atoms with van der Waals surface area (Å²) >= 11 is 0. The van der Waals surface area contributed by atoms with Gasteiger partial charge in [0, 0.05) is 31.5 Å². The van der Waals surface area contributed by atoms with E-state index >= 15 is 0 Å². The molecule has 1 aliphatic heterocycles. The van der Waals surface area contributed by atoms with Gasteiger partial charge >= 0.3 is 0 Å². The quantitative estimate of drug-likeness (QED) is 0.861. The minimum Gasteiger partial charge on any atom is -0.472 e. The fraction of sp³-hybridized carbons (Fsp3) is 0.333. The van der Waals surface area contributed by atoms with Crippen LogP contribution in [0.1, 0.15) is 33.7 Å². The summed E-state index contributed by atoms with van der Waals surface area (Å²) in [5.74, 6) is -0.283. The molecule has 0 radical (unpaired) electrons. The number of nitrogen functional groups attached to an aromatic ring is 1. The Bertz CT molecular complexity index is 693. The second-order valence-corrected chi connectivity index (χ2v) is 5.34. The molecule has 3 heterocycles. The normalized spacial score (nSPS) is 15.4. The van der Waals surface area contributed by atoms with Crippen molar-refractivity contribution in [1.82, 2.24) is 20.2 Å². The number of amides is 2. The van der Waals surface area contributed by atoms with E-state index in [9.17, 15) is 9.59 Å². The summed E-state index contributed by atoms with van der Waals surface area (Å²) in [5, 5.41) is 2.89. The molecule has 1 aliphatic rings. The molecule has 2 aromatic heterocycles. The number of nitrogens with zero attached hydrogens (tertiary/aromatic N) is 3. The van der Waals surface area contributed by atoms with Crippen LogP contribution in [0.4, 0.5) is 5.82 Å². The molecule has 23 heavy (non-hydrogen) atoms. The van der Waals surface area contributed by atoms with E-state index in [0.717, 1.165) is 0 Å². The van der Waals surface area contributed by atoms with Gasteiger partial charge in [-0.3, -0.25) is 9.59 Å². The summed E-state index contributed by atoms with van der Waals surface area (Å²) in [5.41, 5.74) is 6.32.